The Morgan fingerprint density at radius 1 is 1.05 bits per heavy atom. The Hall–Kier alpha value is -1.42. The van der Waals surface area contributed by atoms with Gasteiger partial charge in [-0.05, 0) is 42.8 Å². The Kier molecular flexibility index (Phi) is 4.43. The molecule has 0 heterocycles. The number of benzene rings is 2. The van der Waals surface area contributed by atoms with Crippen LogP contribution in [0.2, 0.25) is 15.1 Å². The van der Waals surface area contributed by atoms with E-state index in [1.807, 2.05) is 6.92 Å². The van der Waals surface area contributed by atoms with Crippen molar-refractivity contribution in [1.82, 2.24) is 0 Å². The van der Waals surface area contributed by atoms with Gasteiger partial charge in [0.15, 0.2) is 5.75 Å². The second kappa shape index (κ2) is 5.92. The molecule has 0 fully saturated rings. The minimum absolute atomic E-state index is 0.0695. The number of aryl methyl sites for hydroxylation is 1. The molecule has 0 saturated carbocycles. The minimum Gasteiger partial charge on any atom is -0.505 e. The lowest BCUT2D eigenvalue weighted by molar-refractivity contribution is 0.102. The highest BCUT2D eigenvalue weighted by Crippen LogP contribution is 2.34. The molecule has 0 aromatic heterocycles. The number of rotatable bonds is 2. The van der Waals surface area contributed by atoms with Crippen molar-refractivity contribution in [2.24, 2.45) is 0 Å². The van der Waals surface area contributed by atoms with Crippen LogP contribution in [0.4, 0.5) is 5.69 Å². The topological polar surface area (TPSA) is 49.3 Å². The predicted molar refractivity (Wildman–Crippen MR) is 82.3 cm³/mol. The van der Waals surface area contributed by atoms with E-state index in [1.165, 1.54) is 12.1 Å². The van der Waals surface area contributed by atoms with Gasteiger partial charge in [-0.2, -0.15) is 0 Å². The van der Waals surface area contributed by atoms with Gasteiger partial charge < -0.3 is 10.4 Å². The summed E-state index contributed by atoms with van der Waals surface area (Å²) in [6.45, 7) is 1.81. The van der Waals surface area contributed by atoms with Crippen LogP contribution >= 0.6 is 34.8 Å². The summed E-state index contributed by atoms with van der Waals surface area (Å²) in [5.41, 5.74) is 1.67. The number of carbonyl (C=O) groups is 1. The van der Waals surface area contributed by atoms with Gasteiger partial charge in [-0.3, -0.25) is 4.79 Å². The number of amides is 1. The molecule has 0 radical (unpaired) electrons. The quantitative estimate of drug-likeness (QED) is 0.768. The van der Waals surface area contributed by atoms with Crippen molar-refractivity contribution < 1.29 is 9.90 Å². The maximum absolute atomic E-state index is 12.1. The fourth-order valence-electron chi connectivity index (χ4n) is 1.63. The summed E-state index contributed by atoms with van der Waals surface area (Å²) in [7, 11) is 0. The third kappa shape index (κ3) is 3.18. The zero-order chi connectivity index (χ0) is 14.9. The second-order valence-electron chi connectivity index (χ2n) is 4.21. The number of carbonyl (C=O) groups excluding carboxylic acids is 1. The molecule has 6 heteroatoms. The zero-order valence-corrected chi connectivity index (χ0v) is 12.6. The normalized spacial score (nSPS) is 10.4. The maximum atomic E-state index is 12.1. The number of nitrogens with one attached hydrogen (secondary N) is 1. The standard InChI is InChI=1S/C14H10Cl3NO2/c1-7-4-8(2-3-10(7)15)14(20)18-9-5-11(16)13(19)12(17)6-9/h2-6,19H,1H3,(H,18,20). The van der Waals surface area contributed by atoms with Crippen LogP contribution in [0.15, 0.2) is 30.3 Å². The van der Waals surface area contributed by atoms with Crippen molar-refractivity contribution in [3.8, 4) is 5.75 Å². The van der Waals surface area contributed by atoms with E-state index in [4.69, 9.17) is 34.8 Å². The third-order valence-electron chi connectivity index (χ3n) is 2.69. The van der Waals surface area contributed by atoms with Crippen LogP contribution in [0.1, 0.15) is 15.9 Å². The van der Waals surface area contributed by atoms with Crippen molar-refractivity contribution >= 4 is 46.4 Å². The SMILES string of the molecule is Cc1cc(C(=O)Nc2cc(Cl)c(O)c(Cl)c2)ccc1Cl. The largest absolute Gasteiger partial charge is 0.505 e. The van der Waals surface area contributed by atoms with Crippen LogP contribution in [0.3, 0.4) is 0 Å². The minimum atomic E-state index is -0.317. The lowest BCUT2D eigenvalue weighted by Gasteiger charge is -2.09. The lowest BCUT2D eigenvalue weighted by atomic mass is 10.1. The zero-order valence-electron chi connectivity index (χ0n) is 10.4. The molecule has 0 spiro atoms. The van der Waals surface area contributed by atoms with Gasteiger partial charge >= 0.3 is 0 Å². The number of aromatic hydroxyl groups is 1. The Morgan fingerprint density at radius 3 is 2.20 bits per heavy atom. The first kappa shape index (κ1) is 15.0. The Bertz CT molecular complexity index is 663. The summed E-state index contributed by atoms with van der Waals surface area (Å²) in [4.78, 5) is 12.1. The Labute approximate surface area is 131 Å². The molecule has 0 saturated heterocycles. The molecule has 2 N–H and O–H groups in total. The fraction of sp³-hybridized carbons (Fsp3) is 0.0714. The van der Waals surface area contributed by atoms with E-state index in [1.54, 1.807) is 18.2 Å². The van der Waals surface area contributed by atoms with Crippen molar-refractivity contribution in [1.29, 1.82) is 0 Å². The van der Waals surface area contributed by atoms with E-state index in [0.29, 0.717) is 16.3 Å². The van der Waals surface area contributed by atoms with Crippen LogP contribution < -0.4 is 5.32 Å². The molecule has 0 bridgehead atoms. The third-order valence-corrected chi connectivity index (χ3v) is 3.70. The first-order valence-electron chi connectivity index (χ1n) is 5.64. The van der Waals surface area contributed by atoms with Crippen LogP contribution in [-0.4, -0.2) is 11.0 Å². The van der Waals surface area contributed by atoms with Gasteiger partial charge in [0, 0.05) is 16.3 Å². The fourth-order valence-corrected chi connectivity index (χ4v) is 2.23. The van der Waals surface area contributed by atoms with E-state index in [2.05, 4.69) is 5.32 Å². The van der Waals surface area contributed by atoms with E-state index >= 15 is 0 Å². The molecule has 3 nitrogen and oxygen atoms in total. The molecular formula is C14H10Cl3NO2. The summed E-state index contributed by atoms with van der Waals surface area (Å²) in [5, 5.41) is 12.8. The average Bonchev–Trinajstić information content (AvgIpc) is 2.39. The van der Waals surface area contributed by atoms with Gasteiger partial charge in [-0.25, -0.2) is 0 Å². The summed E-state index contributed by atoms with van der Waals surface area (Å²) >= 11 is 17.5. The first-order chi connectivity index (χ1) is 9.38. The highest BCUT2D eigenvalue weighted by Gasteiger charge is 2.11. The summed E-state index contributed by atoms with van der Waals surface area (Å²) in [5.74, 6) is -0.531. The van der Waals surface area contributed by atoms with Gasteiger partial charge in [0.2, 0.25) is 0 Å². The van der Waals surface area contributed by atoms with Gasteiger partial charge in [0.05, 0.1) is 10.0 Å². The molecule has 1 amide bonds. The summed E-state index contributed by atoms with van der Waals surface area (Å²) in [6.07, 6.45) is 0. The molecule has 20 heavy (non-hydrogen) atoms. The van der Waals surface area contributed by atoms with E-state index in [0.717, 1.165) is 5.56 Å². The van der Waals surface area contributed by atoms with E-state index in [9.17, 15) is 9.90 Å². The molecular weight excluding hydrogens is 321 g/mol. The molecule has 0 aliphatic heterocycles. The van der Waals surface area contributed by atoms with Crippen LogP contribution in [0.5, 0.6) is 5.75 Å². The average molecular weight is 331 g/mol. The second-order valence-corrected chi connectivity index (χ2v) is 5.43. The van der Waals surface area contributed by atoms with Crippen LogP contribution in [0, 0.1) is 6.92 Å². The molecule has 0 unspecified atom stereocenters. The van der Waals surface area contributed by atoms with Crippen molar-refractivity contribution in [3.05, 3.63) is 56.5 Å². The molecule has 0 aliphatic rings. The number of phenolic OH excluding ortho intramolecular Hbond substituents is 1. The smallest absolute Gasteiger partial charge is 0.255 e. The molecule has 2 rings (SSSR count). The number of phenols is 1. The summed E-state index contributed by atoms with van der Waals surface area (Å²) < 4.78 is 0. The van der Waals surface area contributed by atoms with E-state index in [-0.39, 0.29) is 21.7 Å². The summed E-state index contributed by atoms with van der Waals surface area (Å²) in [6, 6.07) is 7.80. The van der Waals surface area contributed by atoms with Gasteiger partial charge in [0.25, 0.3) is 5.91 Å². The van der Waals surface area contributed by atoms with E-state index < -0.39 is 0 Å². The molecule has 0 aliphatic carbocycles. The molecule has 2 aromatic rings. The van der Waals surface area contributed by atoms with Crippen LogP contribution in [0.25, 0.3) is 0 Å². The highest BCUT2D eigenvalue weighted by atomic mass is 35.5. The Balaban J connectivity index is 2.25. The number of halogens is 3. The molecule has 2 aromatic carbocycles. The van der Waals surface area contributed by atoms with Gasteiger partial charge in [0.1, 0.15) is 0 Å². The van der Waals surface area contributed by atoms with Crippen molar-refractivity contribution in [3.63, 3.8) is 0 Å². The maximum Gasteiger partial charge on any atom is 0.255 e. The van der Waals surface area contributed by atoms with Crippen LogP contribution in [-0.2, 0) is 0 Å². The lowest BCUT2D eigenvalue weighted by Crippen LogP contribution is -2.12. The first-order valence-corrected chi connectivity index (χ1v) is 6.77. The number of hydrogen-bond donors (Lipinski definition) is 2. The van der Waals surface area contributed by atoms with Crippen molar-refractivity contribution in [2.45, 2.75) is 6.92 Å². The molecule has 104 valence electrons. The molecule has 0 atom stereocenters. The van der Waals surface area contributed by atoms with Gasteiger partial charge in [-0.1, -0.05) is 34.8 Å². The highest BCUT2D eigenvalue weighted by molar-refractivity contribution is 6.37. The van der Waals surface area contributed by atoms with Gasteiger partial charge in [-0.15, -0.1) is 0 Å². The van der Waals surface area contributed by atoms with Crippen molar-refractivity contribution in [2.75, 3.05) is 5.32 Å². The number of hydrogen-bond acceptors (Lipinski definition) is 2. The predicted octanol–water partition coefficient (Wildman–Crippen LogP) is 4.91. The number of anilines is 1. The monoisotopic (exact) mass is 329 g/mol. The Morgan fingerprint density at radius 2 is 1.65 bits per heavy atom.